The number of carbonyl (C=O) groups excluding carboxylic acids is 1. The zero-order valence-corrected chi connectivity index (χ0v) is 13.9. The van der Waals surface area contributed by atoms with Crippen molar-refractivity contribution in [2.75, 3.05) is 19.8 Å². The van der Waals surface area contributed by atoms with Crippen LogP contribution in [0, 0.1) is 10.8 Å². The van der Waals surface area contributed by atoms with Gasteiger partial charge in [0.25, 0.3) is 0 Å². The molecule has 1 unspecified atom stereocenters. The maximum absolute atomic E-state index is 12.2. The first-order chi connectivity index (χ1) is 8.77. The van der Waals surface area contributed by atoms with E-state index < -0.39 is 0 Å². The van der Waals surface area contributed by atoms with Crippen LogP contribution >= 0.6 is 12.4 Å². The maximum Gasteiger partial charge on any atom is 0.239 e. The average molecular weight is 305 g/mol. The van der Waals surface area contributed by atoms with E-state index in [0.717, 1.165) is 19.4 Å². The molecule has 2 rings (SSSR count). The lowest BCUT2D eigenvalue weighted by Gasteiger charge is -2.45. The molecule has 2 fully saturated rings. The van der Waals surface area contributed by atoms with Gasteiger partial charge in [-0.2, -0.15) is 0 Å². The Kier molecular flexibility index (Phi) is 5.88. The van der Waals surface area contributed by atoms with E-state index in [-0.39, 0.29) is 30.4 Å². The van der Waals surface area contributed by atoms with Crippen LogP contribution in [-0.4, -0.2) is 37.7 Å². The lowest BCUT2D eigenvalue weighted by atomic mass is 9.63. The van der Waals surface area contributed by atoms with Gasteiger partial charge in [0, 0.05) is 12.6 Å². The highest BCUT2D eigenvalue weighted by atomic mass is 35.5. The van der Waals surface area contributed by atoms with E-state index in [4.69, 9.17) is 4.74 Å². The van der Waals surface area contributed by atoms with Crippen LogP contribution in [0.25, 0.3) is 0 Å². The lowest BCUT2D eigenvalue weighted by molar-refractivity contribution is -0.127. The zero-order valence-electron chi connectivity index (χ0n) is 13.1. The smallest absolute Gasteiger partial charge is 0.239 e. The number of morpholine rings is 1. The standard InChI is InChI=1S/C15H28N2O2.ClH/c1-14(2)7-11(8-15(3,4)10-14)17-13(18)12-9-19-6-5-16-12;/h11-12,16H,5-10H2,1-4H3,(H,17,18);1H. The van der Waals surface area contributed by atoms with Crippen molar-refractivity contribution in [1.29, 1.82) is 0 Å². The fourth-order valence-electron chi connectivity index (χ4n) is 3.98. The summed E-state index contributed by atoms with van der Waals surface area (Å²) in [5.74, 6) is 0.0956. The van der Waals surface area contributed by atoms with Crippen LogP contribution in [0.15, 0.2) is 0 Å². The molecule has 1 saturated heterocycles. The summed E-state index contributed by atoms with van der Waals surface area (Å²) in [5, 5.41) is 6.43. The molecule has 0 aromatic heterocycles. The highest BCUT2D eigenvalue weighted by Gasteiger charge is 2.39. The fraction of sp³-hybridized carbons (Fsp3) is 0.933. The minimum absolute atomic E-state index is 0. The van der Waals surface area contributed by atoms with Crippen molar-refractivity contribution in [3.63, 3.8) is 0 Å². The molecule has 0 bridgehead atoms. The second-order valence-electron chi connectivity index (χ2n) is 7.70. The second kappa shape index (κ2) is 6.63. The topological polar surface area (TPSA) is 50.4 Å². The summed E-state index contributed by atoms with van der Waals surface area (Å²) < 4.78 is 5.35. The monoisotopic (exact) mass is 304 g/mol. The largest absolute Gasteiger partial charge is 0.378 e. The Hall–Kier alpha value is -0.320. The predicted octanol–water partition coefficient (Wildman–Crippen LogP) is 2.12. The Morgan fingerprint density at radius 3 is 2.30 bits per heavy atom. The summed E-state index contributed by atoms with van der Waals surface area (Å²) in [5.41, 5.74) is 0.604. The Morgan fingerprint density at radius 1 is 1.20 bits per heavy atom. The molecular formula is C15H29ClN2O2. The third-order valence-electron chi connectivity index (χ3n) is 4.14. The van der Waals surface area contributed by atoms with Gasteiger partial charge in [-0.3, -0.25) is 4.79 Å². The van der Waals surface area contributed by atoms with Gasteiger partial charge in [-0.15, -0.1) is 12.4 Å². The molecule has 20 heavy (non-hydrogen) atoms. The summed E-state index contributed by atoms with van der Waals surface area (Å²) in [4.78, 5) is 12.2. The Balaban J connectivity index is 0.00000200. The van der Waals surface area contributed by atoms with Crippen molar-refractivity contribution in [2.24, 2.45) is 10.8 Å². The first kappa shape index (κ1) is 17.7. The van der Waals surface area contributed by atoms with Crippen molar-refractivity contribution in [3.05, 3.63) is 0 Å². The highest BCUT2D eigenvalue weighted by molar-refractivity contribution is 5.85. The van der Waals surface area contributed by atoms with Gasteiger partial charge in [-0.25, -0.2) is 0 Å². The molecule has 1 aliphatic heterocycles. The first-order valence-electron chi connectivity index (χ1n) is 7.39. The van der Waals surface area contributed by atoms with Gasteiger partial charge in [-0.1, -0.05) is 27.7 Å². The van der Waals surface area contributed by atoms with E-state index in [1.807, 2.05) is 0 Å². The van der Waals surface area contributed by atoms with Crippen LogP contribution in [0.1, 0.15) is 47.0 Å². The van der Waals surface area contributed by atoms with E-state index in [9.17, 15) is 4.79 Å². The molecule has 118 valence electrons. The number of ether oxygens (including phenoxy) is 1. The minimum Gasteiger partial charge on any atom is -0.378 e. The second-order valence-corrected chi connectivity index (χ2v) is 7.70. The van der Waals surface area contributed by atoms with Gasteiger partial charge in [0.15, 0.2) is 0 Å². The molecule has 0 aromatic carbocycles. The van der Waals surface area contributed by atoms with Gasteiger partial charge in [0.05, 0.1) is 13.2 Å². The highest BCUT2D eigenvalue weighted by Crippen LogP contribution is 2.45. The van der Waals surface area contributed by atoms with Gasteiger partial charge in [-0.05, 0) is 30.1 Å². The molecule has 1 aliphatic carbocycles. The number of hydrogen-bond acceptors (Lipinski definition) is 3. The van der Waals surface area contributed by atoms with Gasteiger partial charge in [0.2, 0.25) is 5.91 Å². The number of nitrogens with one attached hydrogen (secondary N) is 2. The number of hydrogen-bond donors (Lipinski definition) is 2. The van der Waals surface area contributed by atoms with Crippen molar-refractivity contribution >= 4 is 18.3 Å². The predicted molar refractivity (Wildman–Crippen MR) is 83.2 cm³/mol. The van der Waals surface area contributed by atoms with E-state index in [1.54, 1.807) is 0 Å². The van der Waals surface area contributed by atoms with Crippen molar-refractivity contribution in [1.82, 2.24) is 10.6 Å². The van der Waals surface area contributed by atoms with E-state index in [2.05, 4.69) is 38.3 Å². The number of rotatable bonds is 2. The minimum atomic E-state index is -0.179. The molecule has 0 aromatic rings. The molecule has 1 atom stereocenters. The van der Waals surface area contributed by atoms with Gasteiger partial charge in [0.1, 0.15) is 6.04 Å². The average Bonchev–Trinajstić information content (AvgIpc) is 2.25. The summed E-state index contributed by atoms with van der Waals surface area (Å²) in [6, 6.07) is 0.108. The normalized spacial score (nSPS) is 29.3. The Labute approximate surface area is 128 Å². The maximum atomic E-state index is 12.2. The molecule has 1 saturated carbocycles. The van der Waals surface area contributed by atoms with Crippen LogP contribution in [0.2, 0.25) is 0 Å². The Bertz CT molecular complexity index is 323. The summed E-state index contributed by atoms with van der Waals surface area (Å²) in [7, 11) is 0. The zero-order chi connectivity index (χ0) is 14.1. The SMILES string of the molecule is CC1(C)CC(NC(=O)C2COCCN2)CC(C)(C)C1.Cl. The van der Waals surface area contributed by atoms with Crippen LogP contribution < -0.4 is 10.6 Å². The molecule has 0 radical (unpaired) electrons. The number of amides is 1. The van der Waals surface area contributed by atoms with Crippen molar-refractivity contribution < 1.29 is 9.53 Å². The van der Waals surface area contributed by atoms with E-state index >= 15 is 0 Å². The summed E-state index contributed by atoms with van der Waals surface area (Å²) >= 11 is 0. The quantitative estimate of drug-likeness (QED) is 0.821. The number of carbonyl (C=O) groups is 1. The summed E-state index contributed by atoms with van der Waals surface area (Å²) in [6.07, 6.45) is 3.35. The molecular weight excluding hydrogens is 276 g/mol. The van der Waals surface area contributed by atoms with E-state index in [1.165, 1.54) is 6.42 Å². The molecule has 1 amide bonds. The van der Waals surface area contributed by atoms with Gasteiger partial charge < -0.3 is 15.4 Å². The fourth-order valence-corrected chi connectivity index (χ4v) is 3.98. The number of halogens is 1. The summed E-state index contributed by atoms with van der Waals surface area (Å²) in [6.45, 7) is 11.2. The van der Waals surface area contributed by atoms with Crippen molar-refractivity contribution in [2.45, 2.75) is 59.0 Å². The van der Waals surface area contributed by atoms with E-state index in [0.29, 0.717) is 24.0 Å². The van der Waals surface area contributed by atoms with Crippen LogP contribution in [0.4, 0.5) is 0 Å². The first-order valence-corrected chi connectivity index (χ1v) is 7.39. The van der Waals surface area contributed by atoms with Crippen LogP contribution in [0.3, 0.4) is 0 Å². The third-order valence-corrected chi connectivity index (χ3v) is 4.14. The molecule has 5 heteroatoms. The molecule has 0 spiro atoms. The molecule has 1 heterocycles. The van der Waals surface area contributed by atoms with Crippen molar-refractivity contribution in [3.8, 4) is 0 Å². The molecule has 4 nitrogen and oxygen atoms in total. The van der Waals surface area contributed by atoms with Gasteiger partial charge >= 0.3 is 0 Å². The van der Waals surface area contributed by atoms with Crippen LogP contribution in [0.5, 0.6) is 0 Å². The lowest BCUT2D eigenvalue weighted by Crippen LogP contribution is -2.55. The Morgan fingerprint density at radius 2 is 1.80 bits per heavy atom. The molecule has 2 N–H and O–H groups in total. The molecule has 2 aliphatic rings. The van der Waals surface area contributed by atoms with Crippen LogP contribution in [-0.2, 0) is 9.53 Å². The third kappa shape index (κ3) is 4.90.